The molecule has 0 saturated heterocycles. The van der Waals surface area contributed by atoms with Gasteiger partial charge in [0, 0.05) is 18.4 Å². The van der Waals surface area contributed by atoms with Crippen molar-refractivity contribution in [3.05, 3.63) is 51.4 Å². The monoisotopic (exact) mass is 267 g/mol. The Kier molecular flexibility index (Phi) is 4.50. The van der Waals surface area contributed by atoms with Crippen molar-refractivity contribution < 1.29 is 0 Å². The summed E-state index contributed by atoms with van der Waals surface area (Å²) in [6.07, 6.45) is 5.11. The van der Waals surface area contributed by atoms with Gasteiger partial charge in [-0.1, -0.05) is 11.6 Å². The van der Waals surface area contributed by atoms with Crippen LogP contribution in [0, 0.1) is 0 Å². The molecule has 0 fully saturated rings. The number of pyridine rings is 1. The molecule has 0 amide bonds. The molecule has 1 atom stereocenters. The van der Waals surface area contributed by atoms with Crippen LogP contribution in [0.1, 0.15) is 11.1 Å². The fraction of sp³-hybridized carbons (Fsp3) is 0.250. The van der Waals surface area contributed by atoms with Gasteiger partial charge in [0.2, 0.25) is 0 Å². The van der Waals surface area contributed by atoms with Crippen LogP contribution in [-0.2, 0) is 12.8 Å². The molecule has 0 aliphatic rings. The van der Waals surface area contributed by atoms with Crippen molar-refractivity contribution in [3.63, 3.8) is 0 Å². The molecule has 2 aromatic heterocycles. The maximum absolute atomic E-state index is 6.08. The normalized spacial score (nSPS) is 12.6. The molecule has 5 heteroatoms. The van der Waals surface area contributed by atoms with Gasteiger partial charge in [0.15, 0.2) is 0 Å². The first kappa shape index (κ1) is 12.5. The summed E-state index contributed by atoms with van der Waals surface area (Å²) < 4.78 is 0. The van der Waals surface area contributed by atoms with Crippen LogP contribution in [0.3, 0.4) is 0 Å². The predicted octanol–water partition coefficient (Wildman–Crippen LogP) is 2.41. The van der Waals surface area contributed by atoms with E-state index in [-0.39, 0.29) is 6.04 Å². The van der Waals surface area contributed by atoms with Crippen molar-refractivity contribution in [2.75, 3.05) is 0 Å². The Balaban J connectivity index is 2.03. The number of nitrogens with two attached hydrogens (primary N) is 1. The Labute approximate surface area is 110 Å². The number of hydrogen-bond donors (Lipinski definition) is 2. The second-order valence-corrected chi connectivity index (χ2v) is 5.06. The largest absolute Gasteiger partial charge is 0.271 e. The second kappa shape index (κ2) is 6.12. The number of hydrogen-bond acceptors (Lipinski definition) is 4. The van der Waals surface area contributed by atoms with Crippen LogP contribution in [0.4, 0.5) is 0 Å². The summed E-state index contributed by atoms with van der Waals surface area (Å²) >= 11 is 7.77. The molecule has 2 aromatic rings. The third-order valence-electron chi connectivity index (χ3n) is 2.62. The molecule has 0 aromatic carbocycles. The number of hydrazine groups is 1. The van der Waals surface area contributed by atoms with E-state index in [2.05, 4.69) is 27.2 Å². The molecular weight excluding hydrogens is 254 g/mol. The summed E-state index contributed by atoms with van der Waals surface area (Å²) in [7, 11) is 0. The number of nitrogens with one attached hydrogen (secondary N) is 1. The maximum atomic E-state index is 6.08. The minimum Gasteiger partial charge on any atom is -0.271 e. The molecule has 2 heterocycles. The summed E-state index contributed by atoms with van der Waals surface area (Å²) in [5.74, 6) is 5.58. The standard InChI is InChI=1S/C12H14ClN3S/c13-12-7-15-3-1-10(12)6-11(16-14)5-9-2-4-17-8-9/h1-4,7-8,11,16H,5-6,14H2. The molecule has 3 N–H and O–H groups in total. The van der Waals surface area contributed by atoms with E-state index >= 15 is 0 Å². The molecule has 2 rings (SSSR count). The lowest BCUT2D eigenvalue weighted by molar-refractivity contribution is 0.523. The van der Waals surface area contributed by atoms with Gasteiger partial charge in [0.05, 0.1) is 5.02 Å². The number of halogens is 1. The van der Waals surface area contributed by atoms with E-state index in [4.69, 9.17) is 17.4 Å². The summed E-state index contributed by atoms with van der Waals surface area (Å²) in [6, 6.07) is 4.23. The smallest absolute Gasteiger partial charge is 0.0621 e. The van der Waals surface area contributed by atoms with Crippen LogP contribution < -0.4 is 11.3 Å². The van der Waals surface area contributed by atoms with Gasteiger partial charge in [0.25, 0.3) is 0 Å². The number of rotatable bonds is 5. The Morgan fingerprint density at radius 3 is 2.94 bits per heavy atom. The molecule has 17 heavy (non-hydrogen) atoms. The number of nitrogens with zero attached hydrogens (tertiary/aromatic N) is 1. The van der Waals surface area contributed by atoms with Crippen molar-refractivity contribution in [1.82, 2.24) is 10.4 Å². The van der Waals surface area contributed by atoms with E-state index in [0.29, 0.717) is 5.02 Å². The minimum absolute atomic E-state index is 0.185. The molecule has 0 saturated carbocycles. The quantitative estimate of drug-likeness (QED) is 0.646. The Bertz CT molecular complexity index is 459. The van der Waals surface area contributed by atoms with Gasteiger partial charge >= 0.3 is 0 Å². The maximum Gasteiger partial charge on any atom is 0.0621 e. The summed E-state index contributed by atoms with van der Waals surface area (Å²) in [5.41, 5.74) is 5.21. The molecule has 0 spiro atoms. The van der Waals surface area contributed by atoms with Gasteiger partial charge in [-0.05, 0) is 46.9 Å². The van der Waals surface area contributed by atoms with Gasteiger partial charge in [-0.3, -0.25) is 16.3 Å². The second-order valence-electron chi connectivity index (χ2n) is 3.87. The van der Waals surface area contributed by atoms with E-state index in [1.54, 1.807) is 23.7 Å². The highest BCUT2D eigenvalue weighted by Crippen LogP contribution is 2.17. The fourth-order valence-corrected chi connectivity index (χ4v) is 2.60. The molecule has 0 aliphatic heterocycles. The van der Waals surface area contributed by atoms with Gasteiger partial charge in [0.1, 0.15) is 0 Å². The van der Waals surface area contributed by atoms with E-state index in [0.717, 1.165) is 18.4 Å². The van der Waals surface area contributed by atoms with Crippen LogP contribution in [0.15, 0.2) is 35.3 Å². The van der Waals surface area contributed by atoms with E-state index in [1.807, 2.05) is 6.07 Å². The molecule has 90 valence electrons. The first-order valence-corrected chi connectivity index (χ1v) is 6.67. The zero-order chi connectivity index (χ0) is 12.1. The predicted molar refractivity (Wildman–Crippen MR) is 72.1 cm³/mol. The van der Waals surface area contributed by atoms with Crippen molar-refractivity contribution in [3.8, 4) is 0 Å². The van der Waals surface area contributed by atoms with Crippen LogP contribution >= 0.6 is 22.9 Å². The molecule has 3 nitrogen and oxygen atoms in total. The SMILES string of the molecule is NNC(Cc1ccsc1)Cc1ccncc1Cl. The van der Waals surface area contributed by atoms with Gasteiger partial charge < -0.3 is 0 Å². The van der Waals surface area contributed by atoms with Crippen molar-refractivity contribution in [1.29, 1.82) is 0 Å². The minimum atomic E-state index is 0.185. The summed E-state index contributed by atoms with van der Waals surface area (Å²) in [4.78, 5) is 3.97. The zero-order valence-electron chi connectivity index (χ0n) is 9.27. The van der Waals surface area contributed by atoms with Crippen molar-refractivity contribution in [2.24, 2.45) is 5.84 Å². The first-order chi connectivity index (χ1) is 8.29. The van der Waals surface area contributed by atoms with Gasteiger partial charge in [-0.25, -0.2) is 0 Å². The lowest BCUT2D eigenvalue weighted by atomic mass is 10.0. The third kappa shape index (κ3) is 3.51. The molecule has 0 bridgehead atoms. The molecule has 1 unspecified atom stereocenters. The summed E-state index contributed by atoms with van der Waals surface area (Å²) in [6.45, 7) is 0. The summed E-state index contributed by atoms with van der Waals surface area (Å²) in [5, 5.41) is 4.90. The molecule has 0 radical (unpaired) electrons. The Hall–Kier alpha value is -0.940. The average molecular weight is 268 g/mol. The van der Waals surface area contributed by atoms with E-state index in [9.17, 15) is 0 Å². The molecule has 0 aliphatic carbocycles. The average Bonchev–Trinajstić information content (AvgIpc) is 2.84. The number of thiophene rings is 1. The Morgan fingerprint density at radius 2 is 2.29 bits per heavy atom. The van der Waals surface area contributed by atoms with Gasteiger partial charge in [-0.15, -0.1) is 0 Å². The highest BCUT2D eigenvalue weighted by molar-refractivity contribution is 7.07. The van der Waals surface area contributed by atoms with Gasteiger partial charge in [-0.2, -0.15) is 11.3 Å². The van der Waals surface area contributed by atoms with Crippen LogP contribution in [0.5, 0.6) is 0 Å². The number of aromatic nitrogens is 1. The van der Waals surface area contributed by atoms with E-state index in [1.165, 1.54) is 5.56 Å². The highest BCUT2D eigenvalue weighted by Gasteiger charge is 2.11. The van der Waals surface area contributed by atoms with E-state index < -0.39 is 0 Å². The Morgan fingerprint density at radius 1 is 1.41 bits per heavy atom. The topological polar surface area (TPSA) is 50.9 Å². The third-order valence-corrected chi connectivity index (χ3v) is 3.69. The van der Waals surface area contributed by atoms with Crippen molar-refractivity contribution in [2.45, 2.75) is 18.9 Å². The first-order valence-electron chi connectivity index (χ1n) is 5.35. The fourth-order valence-electron chi connectivity index (χ4n) is 1.72. The van der Waals surface area contributed by atoms with Crippen molar-refractivity contribution >= 4 is 22.9 Å². The van der Waals surface area contributed by atoms with Crippen LogP contribution in [0.2, 0.25) is 5.02 Å². The zero-order valence-corrected chi connectivity index (χ0v) is 10.8. The lowest BCUT2D eigenvalue weighted by Gasteiger charge is -2.15. The lowest BCUT2D eigenvalue weighted by Crippen LogP contribution is -2.38. The van der Waals surface area contributed by atoms with Crippen LogP contribution in [-0.4, -0.2) is 11.0 Å². The van der Waals surface area contributed by atoms with Crippen LogP contribution in [0.25, 0.3) is 0 Å². The molecular formula is C12H14ClN3S. The highest BCUT2D eigenvalue weighted by atomic mass is 35.5.